The lowest BCUT2D eigenvalue weighted by atomic mass is 10.1. The third-order valence-electron chi connectivity index (χ3n) is 2.84. The highest BCUT2D eigenvalue weighted by atomic mass is 32.1. The molecule has 1 aromatic rings. The number of hydrogen-bond donors (Lipinski definition) is 1. The number of rotatable bonds is 9. The highest BCUT2D eigenvalue weighted by molar-refractivity contribution is 7.11. The van der Waals surface area contributed by atoms with Gasteiger partial charge in [-0.3, -0.25) is 0 Å². The fraction of sp³-hybridized carbons (Fsp3) is 0.714. The molecule has 0 amide bonds. The Hall–Kier alpha value is -0.340. The summed E-state index contributed by atoms with van der Waals surface area (Å²) < 4.78 is 0. The van der Waals surface area contributed by atoms with Crippen molar-refractivity contribution < 1.29 is 0 Å². The summed E-state index contributed by atoms with van der Waals surface area (Å²) in [6, 6.07) is 4.59. The van der Waals surface area contributed by atoms with E-state index in [1.807, 2.05) is 11.3 Å². The first-order valence-electron chi connectivity index (χ1n) is 6.65. The number of hydrogen-bond acceptors (Lipinski definition) is 2. The number of unbranched alkanes of at least 4 members (excludes halogenated alkanes) is 3. The van der Waals surface area contributed by atoms with E-state index >= 15 is 0 Å². The molecular weight excluding hydrogens is 214 g/mol. The molecule has 0 aliphatic rings. The average Bonchev–Trinajstić information content (AvgIpc) is 2.76. The van der Waals surface area contributed by atoms with Crippen LogP contribution in [0.4, 0.5) is 0 Å². The van der Waals surface area contributed by atoms with Crippen molar-refractivity contribution in [1.82, 2.24) is 5.32 Å². The first kappa shape index (κ1) is 13.7. The lowest BCUT2D eigenvalue weighted by molar-refractivity contribution is 0.599. The van der Waals surface area contributed by atoms with Gasteiger partial charge in [-0.1, -0.05) is 26.7 Å². The van der Waals surface area contributed by atoms with Crippen molar-refractivity contribution in [2.24, 2.45) is 0 Å². The van der Waals surface area contributed by atoms with Crippen LogP contribution in [0.1, 0.15) is 49.3 Å². The van der Waals surface area contributed by atoms with Crippen LogP contribution in [0.5, 0.6) is 0 Å². The van der Waals surface area contributed by atoms with E-state index < -0.39 is 0 Å². The number of thiophene rings is 1. The zero-order valence-corrected chi connectivity index (χ0v) is 11.5. The molecule has 0 aliphatic heterocycles. The van der Waals surface area contributed by atoms with Gasteiger partial charge in [0, 0.05) is 9.75 Å². The Morgan fingerprint density at radius 2 is 1.75 bits per heavy atom. The Morgan fingerprint density at radius 3 is 2.44 bits per heavy atom. The fourth-order valence-electron chi connectivity index (χ4n) is 1.83. The van der Waals surface area contributed by atoms with Crippen LogP contribution in [-0.2, 0) is 12.8 Å². The Morgan fingerprint density at radius 1 is 1.00 bits per heavy atom. The van der Waals surface area contributed by atoms with Gasteiger partial charge in [-0.25, -0.2) is 0 Å². The second-order valence-corrected chi connectivity index (χ2v) is 5.49. The minimum absolute atomic E-state index is 1.11. The van der Waals surface area contributed by atoms with E-state index in [2.05, 4.69) is 31.3 Å². The molecule has 0 bridgehead atoms. The van der Waals surface area contributed by atoms with Gasteiger partial charge in [-0.15, -0.1) is 11.3 Å². The summed E-state index contributed by atoms with van der Waals surface area (Å²) in [7, 11) is 0. The third kappa shape index (κ3) is 5.66. The van der Waals surface area contributed by atoms with Crippen molar-refractivity contribution in [2.45, 2.75) is 52.4 Å². The van der Waals surface area contributed by atoms with Crippen LogP contribution in [0.15, 0.2) is 12.1 Å². The van der Waals surface area contributed by atoms with E-state index in [0.717, 1.165) is 6.54 Å². The molecule has 92 valence electrons. The van der Waals surface area contributed by atoms with Gasteiger partial charge >= 0.3 is 0 Å². The summed E-state index contributed by atoms with van der Waals surface area (Å²) in [4.78, 5) is 3.10. The Kier molecular flexibility index (Phi) is 7.52. The smallest absolute Gasteiger partial charge is 0.00481 e. The van der Waals surface area contributed by atoms with Gasteiger partial charge in [0.1, 0.15) is 0 Å². The zero-order valence-electron chi connectivity index (χ0n) is 10.7. The highest BCUT2D eigenvalue weighted by Crippen LogP contribution is 2.19. The van der Waals surface area contributed by atoms with Gasteiger partial charge in [0.2, 0.25) is 0 Å². The van der Waals surface area contributed by atoms with Gasteiger partial charge in [0.05, 0.1) is 0 Å². The van der Waals surface area contributed by atoms with E-state index in [-0.39, 0.29) is 0 Å². The van der Waals surface area contributed by atoms with E-state index in [4.69, 9.17) is 0 Å². The van der Waals surface area contributed by atoms with Crippen LogP contribution in [-0.4, -0.2) is 13.1 Å². The van der Waals surface area contributed by atoms with E-state index in [1.54, 1.807) is 4.88 Å². The molecule has 1 rings (SSSR count). The summed E-state index contributed by atoms with van der Waals surface area (Å²) in [5.41, 5.74) is 0. The first-order valence-corrected chi connectivity index (χ1v) is 7.46. The maximum atomic E-state index is 3.37. The van der Waals surface area contributed by atoms with Crippen LogP contribution in [0.3, 0.4) is 0 Å². The molecule has 0 spiro atoms. The standard InChI is InChI=1S/C14H25NS/c1-3-13-10-11-14(16-13)9-7-5-6-8-12-15-4-2/h10-11,15H,3-9,12H2,1-2H3. The molecule has 1 aromatic heterocycles. The molecule has 0 atom stereocenters. The van der Waals surface area contributed by atoms with Gasteiger partial charge < -0.3 is 5.32 Å². The summed E-state index contributed by atoms with van der Waals surface area (Å²) >= 11 is 1.99. The summed E-state index contributed by atoms with van der Waals surface area (Å²) in [5.74, 6) is 0. The van der Waals surface area contributed by atoms with E-state index in [0.29, 0.717) is 0 Å². The van der Waals surface area contributed by atoms with Crippen molar-refractivity contribution in [3.05, 3.63) is 21.9 Å². The molecule has 0 saturated carbocycles. The Labute approximate surface area is 104 Å². The summed E-state index contributed by atoms with van der Waals surface area (Å²) in [6.07, 6.45) is 7.91. The fourth-order valence-corrected chi connectivity index (χ4v) is 2.83. The number of aryl methyl sites for hydroxylation is 2. The van der Waals surface area contributed by atoms with Crippen LogP contribution in [0, 0.1) is 0 Å². The molecule has 0 aromatic carbocycles. The van der Waals surface area contributed by atoms with Crippen LogP contribution in [0.25, 0.3) is 0 Å². The Balaban J connectivity index is 1.98. The normalized spacial score (nSPS) is 10.9. The molecule has 1 nitrogen and oxygen atoms in total. The molecule has 0 radical (unpaired) electrons. The maximum Gasteiger partial charge on any atom is 0.00481 e. The minimum atomic E-state index is 1.11. The van der Waals surface area contributed by atoms with Crippen molar-refractivity contribution in [2.75, 3.05) is 13.1 Å². The van der Waals surface area contributed by atoms with Crippen LogP contribution in [0.2, 0.25) is 0 Å². The first-order chi connectivity index (χ1) is 7.86. The summed E-state index contributed by atoms with van der Waals surface area (Å²) in [5, 5.41) is 3.37. The van der Waals surface area contributed by atoms with Gasteiger partial charge in [-0.05, 0) is 50.9 Å². The highest BCUT2D eigenvalue weighted by Gasteiger charge is 1.98. The van der Waals surface area contributed by atoms with Crippen molar-refractivity contribution >= 4 is 11.3 Å². The van der Waals surface area contributed by atoms with Gasteiger partial charge in [-0.2, -0.15) is 0 Å². The maximum absolute atomic E-state index is 3.37. The summed E-state index contributed by atoms with van der Waals surface area (Å²) in [6.45, 7) is 6.70. The van der Waals surface area contributed by atoms with Crippen molar-refractivity contribution in [3.8, 4) is 0 Å². The van der Waals surface area contributed by atoms with Crippen molar-refractivity contribution in [3.63, 3.8) is 0 Å². The predicted octanol–water partition coefficient (Wildman–Crippen LogP) is 4.02. The molecule has 0 aliphatic carbocycles. The van der Waals surface area contributed by atoms with Gasteiger partial charge in [0.15, 0.2) is 0 Å². The molecule has 0 saturated heterocycles. The van der Waals surface area contributed by atoms with Crippen molar-refractivity contribution in [1.29, 1.82) is 0 Å². The monoisotopic (exact) mass is 239 g/mol. The third-order valence-corrected chi connectivity index (χ3v) is 4.13. The molecule has 0 fully saturated rings. The number of nitrogens with one attached hydrogen (secondary N) is 1. The second kappa shape index (κ2) is 8.77. The van der Waals surface area contributed by atoms with Crippen LogP contribution < -0.4 is 5.32 Å². The predicted molar refractivity (Wildman–Crippen MR) is 74.4 cm³/mol. The molecule has 1 N–H and O–H groups in total. The quantitative estimate of drug-likeness (QED) is 0.642. The zero-order chi connectivity index (χ0) is 11.6. The Bertz CT molecular complexity index is 267. The lowest BCUT2D eigenvalue weighted by Gasteiger charge is -2.01. The SMILES string of the molecule is CCNCCCCCCc1ccc(CC)s1. The lowest BCUT2D eigenvalue weighted by Crippen LogP contribution is -2.13. The molecule has 0 unspecified atom stereocenters. The molecule has 16 heavy (non-hydrogen) atoms. The largest absolute Gasteiger partial charge is 0.317 e. The van der Waals surface area contributed by atoms with E-state index in [9.17, 15) is 0 Å². The average molecular weight is 239 g/mol. The van der Waals surface area contributed by atoms with Gasteiger partial charge in [0.25, 0.3) is 0 Å². The minimum Gasteiger partial charge on any atom is -0.317 e. The van der Waals surface area contributed by atoms with E-state index in [1.165, 1.54) is 49.9 Å². The second-order valence-electron chi connectivity index (χ2n) is 4.24. The molecule has 1 heterocycles. The topological polar surface area (TPSA) is 12.0 Å². The molecule has 2 heteroatoms. The molecular formula is C14H25NS. The van der Waals surface area contributed by atoms with Crippen LogP contribution >= 0.6 is 11.3 Å².